The van der Waals surface area contributed by atoms with Crippen molar-refractivity contribution in [3.05, 3.63) is 18.5 Å². The summed E-state index contributed by atoms with van der Waals surface area (Å²) >= 11 is 1.27. The maximum absolute atomic E-state index is 11.2. The summed E-state index contributed by atoms with van der Waals surface area (Å²) in [6.07, 6.45) is 3.59. The molecular weight excluding hydrogens is 212 g/mol. The molecule has 15 heavy (non-hydrogen) atoms. The van der Waals surface area contributed by atoms with Crippen LogP contribution < -0.4 is 5.32 Å². The lowest BCUT2D eigenvalue weighted by Gasteiger charge is -2.01. The van der Waals surface area contributed by atoms with Crippen molar-refractivity contribution in [3.63, 3.8) is 0 Å². The van der Waals surface area contributed by atoms with Crippen LogP contribution >= 0.6 is 11.8 Å². The molecule has 0 radical (unpaired) electrons. The Kier molecular flexibility index (Phi) is 5.19. The topological polar surface area (TPSA) is 78.7 Å². The summed E-state index contributed by atoms with van der Waals surface area (Å²) in [6.45, 7) is 0.394. The van der Waals surface area contributed by atoms with Crippen LogP contribution in [0.1, 0.15) is 6.42 Å². The van der Waals surface area contributed by atoms with Gasteiger partial charge in [0, 0.05) is 18.9 Å². The number of thioether (sulfide) groups is 1. The predicted molar refractivity (Wildman–Crippen MR) is 56.0 cm³/mol. The standard InChI is InChI=1S/C9H10N4OS/c10-3-1-4-11-8(14)7-15-9-12-5-2-6-13-9/h2,5-6H,1,4,7H2,(H,11,14). The first-order valence-corrected chi connectivity index (χ1v) is 5.35. The minimum atomic E-state index is -0.109. The molecule has 0 unspecified atom stereocenters. The third-order valence-electron chi connectivity index (χ3n) is 1.43. The second kappa shape index (κ2) is 6.79. The van der Waals surface area contributed by atoms with Crippen LogP contribution in [-0.2, 0) is 4.79 Å². The van der Waals surface area contributed by atoms with Gasteiger partial charge in [-0.3, -0.25) is 4.79 Å². The molecule has 78 valence electrons. The number of nitrogens with zero attached hydrogens (tertiary/aromatic N) is 3. The molecule has 0 atom stereocenters. The van der Waals surface area contributed by atoms with E-state index in [1.54, 1.807) is 18.5 Å². The van der Waals surface area contributed by atoms with Crippen LogP contribution in [0.2, 0.25) is 0 Å². The molecule has 6 heteroatoms. The molecule has 5 nitrogen and oxygen atoms in total. The molecule has 1 aromatic heterocycles. The Morgan fingerprint density at radius 3 is 2.93 bits per heavy atom. The Morgan fingerprint density at radius 1 is 1.53 bits per heavy atom. The van der Waals surface area contributed by atoms with Crippen molar-refractivity contribution in [2.45, 2.75) is 11.6 Å². The molecule has 1 aromatic rings. The van der Waals surface area contributed by atoms with Crippen LogP contribution in [0.4, 0.5) is 0 Å². The minimum Gasteiger partial charge on any atom is -0.354 e. The molecule has 0 aliphatic rings. The van der Waals surface area contributed by atoms with Gasteiger partial charge in [-0.2, -0.15) is 5.26 Å². The summed E-state index contributed by atoms with van der Waals surface area (Å²) in [5, 5.41) is 11.5. The monoisotopic (exact) mass is 222 g/mol. The molecule has 0 aromatic carbocycles. The Morgan fingerprint density at radius 2 is 2.27 bits per heavy atom. The fourth-order valence-corrected chi connectivity index (χ4v) is 1.43. The van der Waals surface area contributed by atoms with Crippen LogP contribution in [-0.4, -0.2) is 28.2 Å². The van der Waals surface area contributed by atoms with Crippen LogP contribution in [0.5, 0.6) is 0 Å². The number of aromatic nitrogens is 2. The van der Waals surface area contributed by atoms with Crippen molar-refractivity contribution in [2.24, 2.45) is 0 Å². The molecular formula is C9H10N4OS. The van der Waals surface area contributed by atoms with Crippen molar-refractivity contribution in [3.8, 4) is 6.07 Å². The van der Waals surface area contributed by atoms with Crippen molar-refractivity contribution >= 4 is 17.7 Å². The van der Waals surface area contributed by atoms with Gasteiger partial charge in [0.05, 0.1) is 18.2 Å². The van der Waals surface area contributed by atoms with E-state index in [0.717, 1.165) is 0 Å². The van der Waals surface area contributed by atoms with Gasteiger partial charge in [0.2, 0.25) is 5.91 Å². The van der Waals surface area contributed by atoms with Gasteiger partial charge in [0.25, 0.3) is 0 Å². The highest BCUT2D eigenvalue weighted by Gasteiger charge is 2.02. The summed E-state index contributed by atoms with van der Waals surface area (Å²) in [6, 6.07) is 3.67. The van der Waals surface area contributed by atoms with Gasteiger partial charge in [0.1, 0.15) is 0 Å². The smallest absolute Gasteiger partial charge is 0.230 e. The SMILES string of the molecule is N#CCCNC(=O)CSc1ncccn1. The third-order valence-corrected chi connectivity index (χ3v) is 2.31. The Balaban J connectivity index is 2.20. The Hall–Kier alpha value is -1.61. The molecule has 0 bridgehead atoms. The zero-order chi connectivity index (χ0) is 10.9. The first-order chi connectivity index (χ1) is 7.33. The molecule has 1 amide bonds. The van der Waals surface area contributed by atoms with Crippen LogP contribution in [0.25, 0.3) is 0 Å². The van der Waals surface area contributed by atoms with E-state index in [2.05, 4.69) is 15.3 Å². The lowest BCUT2D eigenvalue weighted by atomic mass is 10.4. The summed E-state index contributed by atoms with van der Waals surface area (Å²) in [7, 11) is 0. The van der Waals surface area contributed by atoms with Gasteiger partial charge in [0.15, 0.2) is 5.16 Å². The largest absolute Gasteiger partial charge is 0.354 e. The lowest BCUT2D eigenvalue weighted by molar-refractivity contribution is -0.118. The van der Waals surface area contributed by atoms with Crippen molar-refractivity contribution in [1.82, 2.24) is 15.3 Å². The van der Waals surface area contributed by atoms with Gasteiger partial charge in [-0.1, -0.05) is 11.8 Å². The summed E-state index contributed by atoms with van der Waals surface area (Å²) in [4.78, 5) is 19.1. The number of carbonyl (C=O) groups excluding carboxylic acids is 1. The third kappa shape index (κ3) is 4.98. The number of rotatable bonds is 5. The fraction of sp³-hybridized carbons (Fsp3) is 0.333. The average Bonchev–Trinajstić information content (AvgIpc) is 2.28. The fourth-order valence-electron chi connectivity index (χ4n) is 0.799. The molecule has 0 aliphatic heterocycles. The molecule has 1 heterocycles. The van der Waals surface area contributed by atoms with Crippen LogP contribution in [0.3, 0.4) is 0 Å². The summed E-state index contributed by atoms with van der Waals surface area (Å²) in [5.41, 5.74) is 0. The van der Waals surface area contributed by atoms with Crippen molar-refractivity contribution in [1.29, 1.82) is 5.26 Å². The Labute approximate surface area is 91.9 Å². The van der Waals surface area contributed by atoms with E-state index in [9.17, 15) is 4.79 Å². The van der Waals surface area contributed by atoms with E-state index in [-0.39, 0.29) is 11.7 Å². The first kappa shape index (κ1) is 11.5. The molecule has 1 rings (SSSR count). The second-order valence-electron chi connectivity index (χ2n) is 2.58. The van der Waals surface area contributed by atoms with Crippen LogP contribution in [0.15, 0.2) is 23.6 Å². The normalized spacial score (nSPS) is 9.27. The molecule has 1 N–H and O–H groups in total. The van der Waals surface area contributed by atoms with Crippen molar-refractivity contribution in [2.75, 3.05) is 12.3 Å². The zero-order valence-electron chi connectivity index (χ0n) is 8.01. The quantitative estimate of drug-likeness (QED) is 0.448. The zero-order valence-corrected chi connectivity index (χ0v) is 8.83. The molecule has 0 fully saturated rings. The minimum absolute atomic E-state index is 0.109. The van der Waals surface area contributed by atoms with Gasteiger partial charge in [-0.25, -0.2) is 9.97 Å². The van der Waals surface area contributed by atoms with E-state index in [4.69, 9.17) is 5.26 Å². The number of hydrogen-bond acceptors (Lipinski definition) is 5. The Bertz CT molecular complexity index is 349. The molecule has 0 aliphatic carbocycles. The van der Waals surface area contributed by atoms with Gasteiger partial charge in [-0.05, 0) is 6.07 Å². The van der Waals surface area contributed by atoms with Crippen LogP contribution in [0, 0.1) is 11.3 Å². The summed E-state index contributed by atoms with van der Waals surface area (Å²) < 4.78 is 0. The highest BCUT2D eigenvalue weighted by Crippen LogP contribution is 2.09. The average molecular weight is 222 g/mol. The van der Waals surface area contributed by atoms with Gasteiger partial charge >= 0.3 is 0 Å². The van der Waals surface area contributed by atoms with E-state index in [1.165, 1.54) is 11.8 Å². The number of carbonyl (C=O) groups is 1. The lowest BCUT2D eigenvalue weighted by Crippen LogP contribution is -2.25. The molecule has 0 saturated heterocycles. The highest BCUT2D eigenvalue weighted by molar-refractivity contribution is 7.99. The number of nitriles is 1. The van der Waals surface area contributed by atoms with Crippen molar-refractivity contribution < 1.29 is 4.79 Å². The molecule has 0 saturated carbocycles. The first-order valence-electron chi connectivity index (χ1n) is 4.36. The second-order valence-corrected chi connectivity index (χ2v) is 3.52. The molecule has 0 spiro atoms. The van der Waals surface area contributed by atoms with E-state index >= 15 is 0 Å². The maximum atomic E-state index is 11.2. The van der Waals surface area contributed by atoms with Gasteiger partial charge in [-0.15, -0.1) is 0 Å². The number of amides is 1. The maximum Gasteiger partial charge on any atom is 0.230 e. The number of hydrogen-bond donors (Lipinski definition) is 1. The summed E-state index contributed by atoms with van der Waals surface area (Å²) in [5.74, 6) is 0.165. The number of nitrogens with one attached hydrogen (secondary N) is 1. The van der Waals surface area contributed by atoms with E-state index in [1.807, 2.05) is 6.07 Å². The predicted octanol–water partition coefficient (Wildman–Crippen LogP) is 0.599. The van der Waals surface area contributed by atoms with E-state index in [0.29, 0.717) is 18.1 Å². The highest BCUT2D eigenvalue weighted by atomic mass is 32.2. The van der Waals surface area contributed by atoms with Gasteiger partial charge < -0.3 is 5.32 Å². The van der Waals surface area contributed by atoms with E-state index < -0.39 is 0 Å².